The lowest BCUT2D eigenvalue weighted by Gasteiger charge is -2.13. The Balaban J connectivity index is 1.91. The number of carbonyl (C=O) groups is 1. The van der Waals surface area contributed by atoms with Gasteiger partial charge in [0.25, 0.3) is 0 Å². The first kappa shape index (κ1) is 8.22. The molecule has 1 amide bonds. The summed E-state index contributed by atoms with van der Waals surface area (Å²) in [5.41, 5.74) is 0.719. The molecule has 0 aromatic carbocycles. The molecule has 5 heteroatoms. The van der Waals surface area contributed by atoms with Gasteiger partial charge in [-0.1, -0.05) is 0 Å². The van der Waals surface area contributed by atoms with Crippen molar-refractivity contribution in [2.24, 2.45) is 0 Å². The van der Waals surface area contributed by atoms with E-state index in [4.69, 9.17) is 0 Å². The number of hydrogen-bond donors (Lipinski definition) is 1. The number of H-pyrrole nitrogens is 1. The summed E-state index contributed by atoms with van der Waals surface area (Å²) in [5, 5.41) is 9.99. The molecule has 1 fully saturated rings. The summed E-state index contributed by atoms with van der Waals surface area (Å²) in [5.74, 6) is 0.159. The van der Waals surface area contributed by atoms with E-state index in [0.717, 1.165) is 31.6 Å². The normalized spacial score (nSPS) is 16.5. The van der Waals surface area contributed by atoms with Crippen LogP contribution in [0.2, 0.25) is 0 Å². The first-order valence-electron chi connectivity index (χ1n) is 4.48. The Morgan fingerprint density at radius 1 is 1.54 bits per heavy atom. The summed E-state index contributed by atoms with van der Waals surface area (Å²) in [6.07, 6.45) is 4.22. The molecule has 5 nitrogen and oxygen atoms in total. The number of rotatable bonds is 2. The standard InChI is InChI=1S/C8H12N4O/c13-8(12-3-1-2-4-12)5-7-6-9-11-10-7/h6H,1-5H2,(H,9,10,11). The third-order valence-corrected chi connectivity index (χ3v) is 2.26. The van der Waals surface area contributed by atoms with Crippen LogP contribution in [0.5, 0.6) is 0 Å². The third kappa shape index (κ3) is 1.85. The smallest absolute Gasteiger partial charge is 0.228 e. The Labute approximate surface area is 76.1 Å². The van der Waals surface area contributed by atoms with Gasteiger partial charge in [-0.25, -0.2) is 0 Å². The molecule has 13 heavy (non-hydrogen) atoms. The minimum Gasteiger partial charge on any atom is -0.342 e. The molecule has 0 saturated carbocycles. The minimum atomic E-state index is 0.159. The van der Waals surface area contributed by atoms with Crippen LogP contribution in [0.4, 0.5) is 0 Å². The van der Waals surface area contributed by atoms with Crippen LogP contribution in [0.25, 0.3) is 0 Å². The molecule has 1 aliphatic heterocycles. The summed E-state index contributed by atoms with van der Waals surface area (Å²) in [6, 6.07) is 0. The molecule has 2 heterocycles. The van der Waals surface area contributed by atoms with E-state index in [9.17, 15) is 4.79 Å². The van der Waals surface area contributed by atoms with Crippen LogP contribution in [0.3, 0.4) is 0 Å². The molecule has 0 bridgehead atoms. The molecule has 2 rings (SSSR count). The Hall–Kier alpha value is -1.39. The topological polar surface area (TPSA) is 61.9 Å². The van der Waals surface area contributed by atoms with Crippen LogP contribution >= 0.6 is 0 Å². The maximum atomic E-state index is 11.6. The second-order valence-electron chi connectivity index (χ2n) is 3.23. The first-order valence-corrected chi connectivity index (χ1v) is 4.48. The maximum Gasteiger partial charge on any atom is 0.228 e. The number of aromatic nitrogens is 3. The third-order valence-electron chi connectivity index (χ3n) is 2.26. The van der Waals surface area contributed by atoms with E-state index >= 15 is 0 Å². The summed E-state index contributed by atoms with van der Waals surface area (Å²) < 4.78 is 0. The molecular weight excluding hydrogens is 168 g/mol. The molecule has 70 valence electrons. The molecule has 1 aromatic rings. The van der Waals surface area contributed by atoms with Gasteiger partial charge in [-0.2, -0.15) is 15.4 Å². The molecule has 1 aromatic heterocycles. The SMILES string of the molecule is O=C(Cc1cn[nH]n1)N1CCCC1. The van der Waals surface area contributed by atoms with Crippen molar-refractivity contribution in [3.8, 4) is 0 Å². The van der Waals surface area contributed by atoms with Gasteiger partial charge in [0.2, 0.25) is 5.91 Å². The monoisotopic (exact) mass is 180 g/mol. The van der Waals surface area contributed by atoms with Crippen LogP contribution < -0.4 is 0 Å². The fraction of sp³-hybridized carbons (Fsp3) is 0.625. The Kier molecular flexibility index (Phi) is 2.25. The predicted molar refractivity (Wildman–Crippen MR) is 45.9 cm³/mol. The van der Waals surface area contributed by atoms with Gasteiger partial charge in [0.05, 0.1) is 18.3 Å². The van der Waals surface area contributed by atoms with Gasteiger partial charge in [0.1, 0.15) is 0 Å². The molecule has 1 saturated heterocycles. The van der Waals surface area contributed by atoms with Gasteiger partial charge >= 0.3 is 0 Å². The highest BCUT2D eigenvalue weighted by Gasteiger charge is 2.18. The highest BCUT2D eigenvalue weighted by Crippen LogP contribution is 2.08. The zero-order valence-corrected chi connectivity index (χ0v) is 7.36. The van der Waals surface area contributed by atoms with Crippen LogP contribution in [-0.2, 0) is 11.2 Å². The van der Waals surface area contributed by atoms with Gasteiger partial charge < -0.3 is 4.90 Å². The Morgan fingerprint density at radius 2 is 2.31 bits per heavy atom. The number of nitrogens with zero attached hydrogens (tertiary/aromatic N) is 3. The van der Waals surface area contributed by atoms with Crippen LogP contribution in [0, 0.1) is 0 Å². The highest BCUT2D eigenvalue weighted by molar-refractivity contribution is 5.78. The lowest BCUT2D eigenvalue weighted by atomic mass is 10.3. The molecule has 1 N–H and O–H groups in total. The van der Waals surface area contributed by atoms with Crippen molar-refractivity contribution < 1.29 is 4.79 Å². The van der Waals surface area contributed by atoms with Crippen molar-refractivity contribution in [2.45, 2.75) is 19.3 Å². The quantitative estimate of drug-likeness (QED) is 0.695. The number of amides is 1. The molecule has 0 atom stereocenters. The summed E-state index contributed by atoms with van der Waals surface area (Å²) >= 11 is 0. The van der Waals surface area contributed by atoms with Crippen molar-refractivity contribution in [3.05, 3.63) is 11.9 Å². The zero-order valence-electron chi connectivity index (χ0n) is 7.36. The van der Waals surface area contributed by atoms with E-state index in [-0.39, 0.29) is 5.91 Å². The van der Waals surface area contributed by atoms with Gasteiger partial charge in [0, 0.05) is 13.1 Å². The second-order valence-corrected chi connectivity index (χ2v) is 3.23. The van der Waals surface area contributed by atoms with Crippen LogP contribution in [-0.4, -0.2) is 39.3 Å². The maximum absolute atomic E-state index is 11.6. The van der Waals surface area contributed by atoms with E-state index < -0.39 is 0 Å². The lowest BCUT2D eigenvalue weighted by molar-refractivity contribution is -0.129. The molecular formula is C8H12N4O. The highest BCUT2D eigenvalue weighted by atomic mass is 16.2. The zero-order chi connectivity index (χ0) is 9.10. The fourth-order valence-electron chi connectivity index (χ4n) is 1.54. The summed E-state index contributed by atoms with van der Waals surface area (Å²) in [7, 11) is 0. The fourth-order valence-corrected chi connectivity index (χ4v) is 1.54. The van der Waals surface area contributed by atoms with Crippen molar-refractivity contribution in [3.63, 3.8) is 0 Å². The second kappa shape index (κ2) is 3.55. The van der Waals surface area contributed by atoms with E-state index in [1.54, 1.807) is 6.20 Å². The van der Waals surface area contributed by atoms with E-state index in [1.165, 1.54) is 0 Å². The number of hydrogen-bond acceptors (Lipinski definition) is 3. The minimum absolute atomic E-state index is 0.159. The van der Waals surface area contributed by atoms with Gasteiger partial charge in [-0.3, -0.25) is 4.79 Å². The van der Waals surface area contributed by atoms with Gasteiger partial charge in [-0.05, 0) is 12.8 Å². The van der Waals surface area contributed by atoms with E-state index in [0.29, 0.717) is 6.42 Å². The number of carbonyl (C=O) groups excluding carboxylic acids is 1. The molecule has 1 aliphatic rings. The number of nitrogens with one attached hydrogen (secondary N) is 1. The van der Waals surface area contributed by atoms with Gasteiger partial charge in [-0.15, -0.1) is 0 Å². The first-order chi connectivity index (χ1) is 6.36. The molecule has 0 aliphatic carbocycles. The van der Waals surface area contributed by atoms with Crippen molar-refractivity contribution >= 4 is 5.91 Å². The Morgan fingerprint density at radius 3 is 2.92 bits per heavy atom. The largest absolute Gasteiger partial charge is 0.342 e. The lowest BCUT2D eigenvalue weighted by Crippen LogP contribution is -2.29. The molecule has 0 radical (unpaired) electrons. The van der Waals surface area contributed by atoms with Crippen molar-refractivity contribution in [1.29, 1.82) is 0 Å². The number of likely N-dealkylation sites (tertiary alicyclic amines) is 1. The molecule has 0 spiro atoms. The van der Waals surface area contributed by atoms with Crippen molar-refractivity contribution in [1.82, 2.24) is 20.3 Å². The average molecular weight is 180 g/mol. The number of aromatic amines is 1. The van der Waals surface area contributed by atoms with E-state index in [1.807, 2.05) is 4.90 Å². The summed E-state index contributed by atoms with van der Waals surface area (Å²) in [4.78, 5) is 13.4. The van der Waals surface area contributed by atoms with Crippen LogP contribution in [0.15, 0.2) is 6.20 Å². The Bertz CT molecular complexity index is 276. The van der Waals surface area contributed by atoms with Gasteiger partial charge in [0.15, 0.2) is 0 Å². The summed E-state index contributed by atoms with van der Waals surface area (Å²) in [6.45, 7) is 1.80. The molecule has 0 unspecified atom stereocenters. The van der Waals surface area contributed by atoms with Crippen molar-refractivity contribution in [2.75, 3.05) is 13.1 Å². The predicted octanol–water partition coefficient (Wildman–Crippen LogP) is -0.0304. The van der Waals surface area contributed by atoms with E-state index in [2.05, 4.69) is 15.4 Å². The van der Waals surface area contributed by atoms with Crippen LogP contribution in [0.1, 0.15) is 18.5 Å². The average Bonchev–Trinajstić information content (AvgIpc) is 2.74.